The van der Waals surface area contributed by atoms with Crippen molar-refractivity contribution < 1.29 is 9.59 Å². The van der Waals surface area contributed by atoms with Gasteiger partial charge in [0.25, 0.3) is 0 Å². The van der Waals surface area contributed by atoms with Gasteiger partial charge in [0.1, 0.15) is 0 Å². The van der Waals surface area contributed by atoms with Gasteiger partial charge in [-0.25, -0.2) is 0 Å². The second-order valence-electron chi connectivity index (χ2n) is 5.96. The van der Waals surface area contributed by atoms with Gasteiger partial charge in [-0.2, -0.15) is 0 Å². The van der Waals surface area contributed by atoms with E-state index in [1.165, 1.54) is 0 Å². The Morgan fingerprint density at radius 3 is 2.64 bits per heavy atom. The Labute approximate surface area is 132 Å². The number of anilines is 1. The number of carbonyl (C=O) groups is 2. The maximum Gasteiger partial charge on any atom is 0.237 e. The van der Waals surface area contributed by atoms with Gasteiger partial charge in [0.2, 0.25) is 11.8 Å². The zero-order valence-corrected chi connectivity index (χ0v) is 13.7. The fraction of sp³-hybridized carbons (Fsp3) is 0.529. The Hall–Kier alpha value is -1.88. The zero-order chi connectivity index (χ0) is 16.5. The van der Waals surface area contributed by atoms with Crippen LogP contribution in [0.15, 0.2) is 24.3 Å². The van der Waals surface area contributed by atoms with Crippen molar-refractivity contribution in [1.82, 2.24) is 5.32 Å². The molecule has 0 aliphatic rings. The van der Waals surface area contributed by atoms with Crippen molar-refractivity contribution >= 4 is 17.5 Å². The van der Waals surface area contributed by atoms with Gasteiger partial charge in [-0.1, -0.05) is 39.3 Å². The highest BCUT2D eigenvalue weighted by Gasteiger charge is 2.11. The van der Waals surface area contributed by atoms with Crippen LogP contribution in [0, 0.1) is 5.92 Å². The van der Waals surface area contributed by atoms with Crippen molar-refractivity contribution in [2.24, 2.45) is 11.7 Å². The molecule has 0 radical (unpaired) electrons. The summed E-state index contributed by atoms with van der Waals surface area (Å²) in [5, 5.41) is 5.69. The number of hydrogen-bond donors (Lipinski definition) is 3. The Kier molecular flexibility index (Phi) is 7.60. The number of nitrogens with two attached hydrogens (primary N) is 1. The van der Waals surface area contributed by atoms with Gasteiger partial charge in [0.15, 0.2) is 0 Å². The maximum atomic E-state index is 11.8. The van der Waals surface area contributed by atoms with Gasteiger partial charge in [-0.15, -0.1) is 0 Å². The van der Waals surface area contributed by atoms with Crippen LogP contribution in [-0.2, 0) is 16.1 Å². The van der Waals surface area contributed by atoms with E-state index in [0.29, 0.717) is 25.3 Å². The van der Waals surface area contributed by atoms with E-state index in [-0.39, 0.29) is 11.8 Å². The van der Waals surface area contributed by atoms with Gasteiger partial charge in [-0.3, -0.25) is 9.59 Å². The molecule has 1 atom stereocenters. The molecule has 0 aromatic heterocycles. The third kappa shape index (κ3) is 6.72. The first kappa shape index (κ1) is 18.2. The molecular formula is C17H27N3O2. The van der Waals surface area contributed by atoms with Gasteiger partial charge >= 0.3 is 0 Å². The molecular weight excluding hydrogens is 278 g/mol. The first-order chi connectivity index (χ1) is 10.4. The Morgan fingerprint density at radius 2 is 2.00 bits per heavy atom. The Balaban J connectivity index is 2.54. The Morgan fingerprint density at radius 1 is 1.27 bits per heavy atom. The largest absolute Gasteiger partial charge is 0.351 e. The molecule has 122 valence electrons. The lowest BCUT2D eigenvalue weighted by Gasteiger charge is -2.12. The minimum Gasteiger partial charge on any atom is -0.351 e. The van der Waals surface area contributed by atoms with Crippen LogP contribution in [0.1, 0.15) is 45.6 Å². The zero-order valence-electron chi connectivity index (χ0n) is 13.7. The van der Waals surface area contributed by atoms with Crippen molar-refractivity contribution in [3.63, 3.8) is 0 Å². The van der Waals surface area contributed by atoms with Crippen LogP contribution in [0.2, 0.25) is 0 Å². The molecule has 1 aromatic carbocycles. The molecule has 4 N–H and O–H groups in total. The highest BCUT2D eigenvalue weighted by Crippen LogP contribution is 2.12. The summed E-state index contributed by atoms with van der Waals surface area (Å²) in [4.78, 5) is 23.5. The van der Waals surface area contributed by atoms with E-state index >= 15 is 0 Å². The van der Waals surface area contributed by atoms with E-state index in [4.69, 9.17) is 5.73 Å². The summed E-state index contributed by atoms with van der Waals surface area (Å²) < 4.78 is 0. The molecule has 1 unspecified atom stereocenters. The summed E-state index contributed by atoms with van der Waals surface area (Å²) in [5.74, 6) is 0.180. The summed E-state index contributed by atoms with van der Waals surface area (Å²) in [6.07, 6.45) is 2.05. The topological polar surface area (TPSA) is 84.2 Å². The number of carbonyl (C=O) groups excluding carboxylic acids is 2. The number of benzene rings is 1. The fourth-order valence-corrected chi connectivity index (χ4v) is 2.10. The summed E-state index contributed by atoms with van der Waals surface area (Å²) >= 11 is 0. The first-order valence-corrected chi connectivity index (χ1v) is 7.84. The molecule has 1 rings (SSSR count). The van der Waals surface area contributed by atoms with Crippen molar-refractivity contribution in [2.75, 3.05) is 5.32 Å². The molecule has 0 aliphatic carbocycles. The van der Waals surface area contributed by atoms with Crippen molar-refractivity contribution in [1.29, 1.82) is 0 Å². The molecule has 1 aromatic rings. The number of nitrogens with one attached hydrogen (secondary N) is 2. The lowest BCUT2D eigenvalue weighted by molar-refractivity contribution is -0.122. The van der Waals surface area contributed by atoms with E-state index in [1.54, 1.807) is 0 Å². The lowest BCUT2D eigenvalue weighted by atomic mass is 10.1. The minimum absolute atomic E-state index is 0.00107. The predicted molar refractivity (Wildman–Crippen MR) is 89.3 cm³/mol. The number of amides is 2. The van der Waals surface area contributed by atoms with Crippen LogP contribution >= 0.6 is 0 Å². The van der Waals surface area contributed by atoms with Crippen LogP contribution in [0.4, 0.5) is 5.69 Å². The molecule has 0 bridgehead atoms. The van der Waals surface area contributed by atoms with E-state index in [1.807, 2.05) is 45.0 Å². The second kappa shape index (κ2) is 9.20. The van der Waals surface area contributed by atoms with E-state index in [2.05, 4.69) is 10.6 Å². The third-order valence-electron chi connectivity index (χ3n) is 3.21. The first-order valence-electron chi connectivity index (χ1n) is 7.84. The van der Waals surface area contributed by atoms with E-state index in [9.17, 15) is 9.59 Å². The molecule has 2 amide bonds. The van der Waals surface area contributed by atoms with Crippen LogP contribution in [-0.4, -0.2) is 17.9 Å². The lowest BCUT2D eigenvalue weighted by Crippen LogP contribution is -2.40. The highest BCUT2D eigenvalue weighted by atomic mass is 16.2. The van der Waals surface area contributed by atoms with Gasteiger partial charge in [-0.05, 0) is 30.0 Å². The standard InChI is InChI=1S/C17H27N3O2/c1-4-6-15(18)17(22)19-11-13-7-5-8-14(10-13)20-16(21)9-12(2)3/h5,7-8,10,12,15H,4,6,9,11,18H2,1-3H3,(H,19,22)(H,20,21). The van der Waals surface area contributed by atoms with Crippen LogP contribution in [0.25, 0.3) is 0 Å². The summed E-state index contributed by atoms with van der Waals surface area (Å²) in [6.45, 7) is 6.41. The van der Waals surface area contributed by atoms with Gasteiger partial charge < -0.3 is 16.4 Å². The molecule has 22 heavy (non-hydrogen) atoms. The van der Waals surface area contributed by atoms with E-state index in [0.717, 1.165) is 17.7 Å². The summed E-state index contributed by atoms with van der Waals surface area (Å²) in [7, 11) is 0. The SMILES string of the molecule is CCCC(N)C(=O)NCc1cccc(NC(=O)CC(C)C)c1. The molecule has 0 fully saturated rings. The van der Waals surface area contributed by atoms with Crippen molar-refractivity contribution in [3.8, 4) is 0 Å². The van der Waals surface area contributed by atoms with Crippen molar-refractivity contribution in [2.45, 2.75) is 52.6 Å². The highest BCUT2D eigenvalue weighted by molar-refractivity contribution is 5.90. The fourth-order valence-electron chi connectivity index (χ4n) is 2.10. The number of rotatable bonds is 8. The monoisotopic (exact) mass is 305 g/mol. The van der Waals surface area contributed by atoms with Crippen molar-refractivity contribution in [3.05, 3.63) is 29.8 Å². The predicted octanol–water partition coefficient (Wildman–Crippen LogP) is 2.41. The quantitative estimate of drug-likeness (QED) is 0.689. The van der Waals surface area contributed by atoms with Crippen LogP contribution < -0.4 is 16.4 Å². The molecule has 0 aliphatic heterocycles. The minimum atomic E-state index is -0.459. The Bertz CT molecular complexity index is 500. The maximum absolute atomic E-state index is 11.8. The summed E-state index contributed by atoms with van der Waals surface area (Å²) in [5.41, 5.74) is 7.44. The molecule has 0 spiro atoms. The number of hydrogen-bond acceptors (Lipinski definition) is 3. The molecule has 5 heteroatoms. The molecule has 0 heterocycles. The molecule has 0 saturated carbocycles. The molecule has 0 saturated heterocycles. The third-order valence-corrected chi connectivity index (χ3v) is 3.21. The van der Waals surface area contributed by atoms with Crippen LogP contribution in [0.5, 0.6) is 0 Å². The van der Waals surface area contributed by atoms with Gasteiger partial charge in [0, 0.05) is 18.7 Å². The second-order valence-corrected chi connectivity index (χ2v) is 5.96. The van der Waals surface area contributed by atoms with Crippen LogP contribution in [0.3, 0.4) is 0 Å². The normalized spacial score (nSPS) is 12.0. The average molecular weight is 305 g/mol. The van der Waals surface area contributed by atoms with Gasteiger partial charge in [0.05, 0.1) is 6.04 Å². The summed E-state index contributed by atoms with van der Waals surface area (Å²) in [6, 6.07) is 7.01. The smallest absolute Gasteiger partial charge is 0.237 e. The molecule has 5 nitrogen and oxygen atoms in total. The average Bonchev–Trinajstić information content (AvgIpc) is 2.44. The van der Waals surface area contributed by atoms with E-state index < -0.39 is 6.04 Å².